The second-order valence-electron chi connectivity index (χ2n) is 9.29. The Hall–Kier alpha value is -2.06. The van der Waals surface area contributed by atoms with Crippen molar-refractivity contribution in [3.8, 4) is 0 Å². The van der Waals surface area contributed by atoms with E-state index in [4.69, 9.17) is 4.74 Å². The summed E-state index contributed by atoms with van der Waals surface area (Å²) in [6.45, 7) is 5.21. The minimum atomic E-state index is -3.76. The van der Waals surface area contributed by atoms with Crippen LogP contribution in [-0.2, 0) is 38.7 Å². The molecule has 2 aliphatic rings. The molecular formula is C20H31BrN4O8S. The van der Waals surface area contributed by atoms with E-state index in [1.165, 1.54) is 0 Å². The van der Waals surface area contributed by atoms with Crippen molar-refractivity contribution < 1.29 is 37.1 Å². The first-order chi connectivity index (χ1) is 15.6. The molecule has 2 N–H and O–H groups in total. The van der Waals surface area contributed by atoms with Crippen molar-refractivity contribution in [2.45, 2.75) is 76.6 Å². The lowest BCUT2D eigenvalue weighted by Gasteiger charge is -2.43. The van der Waals surface area contributed by atoms with E-state index in [-0.39, 0.29) is 31.1 Å². The summed E-state index contributed by atoms with van der Waals surface area (Å²) in [6, 6.07) is -3.57. The van der Waals surface area contributed by atoms with Gasteiger partial charge in [-0.15, -0.1) is 0 Å². The van der Waals surface area contributed by atoms with Crippen LogP contribution >= 0.6 is 15.9 Å². The third-order valence-electron chi connectivity index (χ3n) is 5.15. The van der Waals surface area contributed by atoms with Crippen LogP contribution in [0.1, 0.15) is 52.9 Å². The number of nitrogens with zero attached hydrogens (tertiary/aromatic N) is 2. The van der Waals surface area contributed by atoms with Gasteiger partial charge in [0.25, 0.3) is 5.91 Å². The number of alkyl halides is 1. The molecule has 2 heterocycles. The van der Waals surface area contributed by atoms with Gasteiger partial charge in [-0.25, -0.2) is 18.1 Å². The van der Waals surface area contributed by atoms with E-state index in [0.717, 1.165) is 16.3 Å². The van der Waals surface area contributed by atoms with Gasteiger partial charge in [0.15, 0.2) is 5.78 Å². The molecule has 2 rings (SSSR count). The molecule has 0 saturated carbocycles. The second kappa shape index (κ2) is 11.1. The van der Waals surface area contributed by atoms with Crippen molar-refractivity contribution >= 4 is 55.4 Å². The fourth-order valence-corrected chi connectivity index (χ4v) is 4.92. The molecule has 3 atom stereocenters. The molecule has 0 bridgehead atoms. The molecule has 2 fully saturated rings. The SMILES string of the molecule is CC(C)(C)OC(=O)C[C@H](NC(=O)[C@@H]1CCCN2C(=O)CC[C@H](NS(C)(=O)=O)C(=O)N12)C(=O)CBr. The number of amides is 3. The van der Waals surface area contributed by atoms with Crippen LogP contribution in [0.5, 0.6) is 0 Å². The molecule has 2 aliphatic heterocycles. The quantitative estimate of drug-likeness (QED) is 0.297. The van der Waals surface area contributed by atoms with Gasteiger partial charge in [-0.1, -0.05) is 15.9 Å². The third-order valence-corrected chi connectivity index (χ3v) is 6.41. The Kier molecular flexibility index (Phi) is 9.22. The molecule has 0 aromatic heterocycles. The summed E-state index contributed by atoms with van der Waals surface area (Å²) < 4.78 is 30.9. The molecule has 0 spiro atoms. The maximum Gasteiger partial charge on any atom is 0.308 e. The van der Waals surface area contributed by atoms with Crippen LogP contribution in [0.25, 0.3) is 0 Å². The van der Waals surface area contributed by atoms with Gasteiger partial charge in [0.2, 0.25) is 21.8 Å². The van der Waals surface area contributed by atoms with E-state index in [1.807, 2.05) is 0 Å². The van der Waals surface area contributed by atoms with Gasteiger partial charge in [0, 0.05) is 13.0 Å². The molecule has 0 unspecified atom stereocenters. The highest BCUT2D eigenvalue weighted by Crippen LogP contribution is 2.25. The van der Waals surface area contributed by atoms with Gasteiger partial charge in [0.05, 0.1) is 24.0 Å². The topological polar surface area (TPSA) is 159 Å². The van der Waals surface area contributed by atoms with Crippen LogP contribution < -0.4 is 10.0 Å². The van der Waals surface area contributed by atoms with Crippen LogP contribution in [0, 0.1) is 0 Å². The largest absolute Gasteiger partial charge is 0.460 e. The minimum Gasteiger partial charge on any atom is -0.460 e. The molecule has 192 valence electrons. The number of hydrogen-bond donors (Lipinski definition) is 2. The highest BCUT2D eigenvalue weighted by molar-refractivity contribution is 9.09. The first kappa shape index (κ1) is 28.2. The van der Waals surface area contributed by atoms with Crippen molar-refractivity contribution in [2.24, 2.45) is 0 Å². The van der Waals surface area contributed by atoms with Crippen molar-refractivity contribution in [1.29, 1.82) is 0 Å². The number of sulfonamides is 1. The van der Waals surface area contributed by atoms with Crippen LogP contribution in [0.3, 0.4) is 0 Å². The monoisotopic (exact) mass is 566 g/mol. The molecule has 2 saturated heterocycles. The van der Waals surface area contributed by atoms with Gasteiger partial charge >= 0.3 is 5.97 Å². The van der Waals surface area contributed by atoms with Crippen molar-refractivity contribution in [3.63, 3.8) is 0 Å². The highest BCUT2D eigenvalue weighted by atomic mass is 79.9. The first-order valence-electron chi connectivity index (χ1n) is 10.8. The normalized spacial score (nSPS) is 22.5. The fraction of sp³-hybridized carbons (Fsp3) is 0.750. The third kappa shape index (κ3) is 7.73. The molecule has 0 aliphatic carbocycles. The van der Waals surface area contributed by atoms with Gasteiger partial charge in [0.1, 0.15) is 17.7 Å². The lowest BCUT2D eigenvalue weighted by atomic mass is 10.0. The maximum absolute atomic E-state index is 13.2. The Balaban J connectivity index is 2.27. The maximum atomic E-state index is 13.2. The summed E-state index contributed by atoms with van der Waals surface area (Å²) in [5, 5.41) is 4.54. The average molecular weight is 567 g/mol. The number of hydrogen-bond acceptors (Lipinski definition) is 8. The summed E-state index contributed by atoms with van der Waals surface area (Å²) in [7, 11) is -3.76. The van der Waals surface area contributed by atoms with Gasteiger partial charge < -0.3 is 10.1 Å². The Bertz CT molecular complexity index is 949. The summed E-state index contributed by atoms with van der Waals surface area (Å²) in [5.41, 5.74) is -0.784. The van der Waals surface area contributed by atoms with Crippen LogP contribution in [0.4, 0.5) is 0 Å². The number of nitrogens with one attached hydrogen (secondary N) is 2. The predicted octanol–water partition coefficient (Wildman–Crippen LogP) is -0.387. The van der Waals surface area contributed by atoms with E-state index in [2.05, 4.69) is 26.0 Å². The van der Waals surface area contributed by atoms with E-state index < -0.39 is 69.6 Å². The fourth-order valence-electron chi connectivity index (χ4n) is 3.80. The van der Waals surface area contributed by atoms with Crippen molar-refractivity contribution in [1.82, 2.24) is 20.1 Å². The van der Waals surface area contributed by atoms with Gasteiger partial charge in [-0.05, 0) is 40.0 Å². The molecule has 0 radical (unpaired) electrons. The number of rotatable bonds is 8. The Morgan fingerprint density at radius 3 is 2.41 bits per heavy atom. The average Bonchev–Trinajstić information content (AvgIpc) is 2.82. The van der Waals surface area contributed by atoms with Crippen LogP contribution in [0.15, 0.2) is 0 Å². The number of carbonyl (C=O) groups is 5. The summed E-state index contributed by atoms with van der Waals surface area (Å²) in [5.74, 6) is -3.02. The smallest absolute Gasteiger partial charge is 0.308 e. The van der Waals surface area contributed by atoms with E-state index >= 15 is 0 Å². The number of halogens is 1. The first-order valence-corrected chi connectivity index (χ1v) is 13.9. The molecule has 3 amide bonds. The van der Waals surface area contributed by atoms with E-state index in [1.54, 1.807) is 20.8 Å². The molecule has 0 aromatic carbocycles. The standard InChI is InChI=1S/C20H31BrN4O8S/c1-20(2,3)33-17(28)10-13(15(26)11-21)22-18(29)14-6-5-9-24-16(27)8-7-12(19(30)25(14)24)23-34(4,31)32/h12-14,23H,5-11H2,1-4H3,(H,22,29)/t12-,13-,14-/m0/s1. The van der Waals surface area contributed by atoms with E-state index in [0.29, 0.717) is 6.42 Å². The lowest BCUT2D eigenvalue weighted by Crippen LogP contribution is -2.64. The molecule has 34 heavy (non-hydrogen) atoms. The second-order valence-corrected chi connectivity index (χ2v) is 11.6. The zero-order valence-corrected chi connectivity index (χ0v) is 22.0. The minimum absolute atomic E-state index is 0.0462. The predicted molar refractivity (Wildman–Crippen MR) is 124 cm³/mol. The number of Topliss-reactive ketones (excluding diaryl/α,β-unsaturated/α-hetero) is 1. The highest BCUT2D eigenvalue weighted by Gasteiger charge is 2.45. The number of esters is 1. The number of ether oxygens (including phenoxy) is 1. The molecular weight excluding hydrogens is 536 g/mol. The van der Waals surface area contributed by atoms with Crippen molar-refractivity contribution in [3.05, 3.63) is 0 Å². The van der Waals surface area contributed by atoms with Gasteiger partial charge in [-0.2, -0.15) is 0 Å². The Labute approximate surface area is 207 Å². The van der Waals surface area contributed by atoms with Gasteiger partial charge in [-0.3, -0.25) is 29.0 Å². The van der Waals surface area contributed by atoms with Crippen LogP contribution in [0.2, 0.25) is 0 Å². The summed E-state index contributed by atoms with van der Waals surface area (Å²) in [4.78, 5) is 63.7. The zero-order chi connectivity index (χ0) is 25.8. The molecule has 12 nitrogen and oxygen atoms in total. The zero-order valence-electron chi connectivity index (χ0n) is 19.6. The number of fused-ring (bicyclic) bond motifs is 1. The number of hydrazine groups is 1. The summed E-state index contributed by atoms with van der Waals surface area (Å²) in [6.07, 6.45) is 0.978. The Morgan fingerprint density at radius 2 is 1.85 bits per heavy atom. The Morgan fingerprint density at radius 1 is 1.21 bits per heavy atom. The molecule has 14 heteroatoms. The molecule has 0 aromatic rings. The van der Waals surface area contributed by atoms with E-state index in [9.17, 15) is 32.4 Å². The lowest BCUT2D eigenvalue weighted by molar-refractivity contribution is -0.176. The van der Waals surface area contributed by atoms with Crippen LogP contribution in [-0.4, -0.2) is 89.8 Å². The number of carbonyl (C=O) groups excluding carboxylic acids is 5. The van der Waals surface area contributed by atoms with Crippen molar-refractivity contribution in [2.75, 3.05) is 18.1 Å². The summed E-state index contributed by atoms with van der Waals surface area (Å²) >= 11 is 3.04. The number of ketones is 1.